The quantitative estimate of drug-likeness (QED) is 0.701. The number of halogens is 2. The highest BCUT2D eigenvalue weighted by molar-refractivity contribution is 5.77. The minimum atomic E-state index is -2.57. The lowest BCUT2D eigenvalue weighted by atomic mass is 9.81. The molecular formula is C23H32F2N6O. The molecule has 174 valence electrons. The molecule has 5 rings (SSSR count). The van der Waals surface area contributed by atoms with Crippen LogP contribution in [0, 0.1) is 17.8 Å². The predicted molar refractivity (Wildman–Crippen MR) is 116 cm³/mol. The van der Waals surface area contributed by atoms with E-state index in [1.54, 1.807) is 10.7 Å². The summed E-state index contributed by atoms with van der Waals surface area (Å²) < 4.78 is 28.7. The van der Waals surface area contributed by atoms with Crippen LogP contribution in [0.4, 0.5) is 13.6 Å². The molecule has 3 atom stereocenters. The number of alkyl halides is 2. The number of urea groups is 1. The average Bonchev–Trinajstić information content (AvgIpc) is 3.36. The summed E-state index contributed by atoms with van der Waals surface area (Å²) in [6, 6.07) is 1.74. The first-order valence-corrected chi connectivity index (χ1v) is 11.8. The molecule has 0 unspecified atom stereocenters. The molecule has 0 bridgehead atoms. The van der Waals surface area contributed by atoms with Crippen LogP contribution in [0.3, 0.4) is 0 Å². The van der Waals surface area contributed by atoms with Crippen LogP contribution < -0.4 is 11.1 Å². The Hall–Kier alpha value is -2.29. The molecule has 3 N–H and O–H groups in total. The van der Waals surface area contributed by atoms with Crippen LogP contribution in [-0.2, 0) is 0 Å². The molecule has 1 aliphatic heterocycles. The van der Waals surface area contributed by atoms with Crippen LogP contribution in [0.25, 0.3) is 5.65 Å². The Kier molecular flexibility index (Phi) is 5.34. The van der Waals surface area contributed by atoms with Crippen molar-refractivity contribution in [3.63, 3.8) is 0 Å². The van der Waals surface area contributed by atoms with Gasteiger partial charge in [-0.15, -0.1) is 0 Å². The Bertz CT molecular complexity index is 994. The zero-order chi connectivity index (χ0) is 22.6. The molecule has 3 aliphatic rings. The van der Waals surface area contributed by atoms with Crippen LogP contribution >= 0.6 is 0 Å². The monoisotopic (exact) mass is 446 g/mol. The summed E-state index contributed by atoms with van der Waals surface area (Å²) in [6.45, 7) is 4.94. The van der Waals surface area contributed by atoms with Crippen molar-refractivity contribution in [2.24, 2.45) is 23.5 Å². The Balaban J connectivity index is 1.38. The van der Waals surface area contributed by atoms with Gasteiger partial charge in [0.1, 0.15) is 0 Å². The van der Waals surface area contributed by atoms with Crippen molar-refractivity contribution in [1.29, 1.82) is 0 Å². The summed E-state index contributed by atoms with van der Waals surface area (Å²) in [6.07, 6.45) is 6.42. The highest BCUT2D eigenvalue weighted by atomic mass is 19.3. The van der Waals surface area contributed by atoms with E-state index in [1.807, 2.05) is 17.2 Å². The molecular weight excluding hydrogens is 414 g/mol. The largest absolute Gasteiger partial charge is 0.333 e. The van der Waals surface area contributed by atoms with E-state index in [1.165, 1.54) is 0 Å². The third-order valence-electron chi connectivity index (χ3n) is 7.48. The number of hydrogen-bond donors (Lipinski definition) is 2. The number of rotatable bonds is 6. The second-order valence-corrected chi connectivity index (χ2v) is 10.2. The highest BCUT2D eigenvalue weighted by Crippen LogP contribution is 2.46. The maximum Gasteiger partial charge on any atom is 0.318 e. The van der Waals surface area contributed by atoms with E-state index in [2.05, 4.69) is 24.3 Å². The minimum absolute atomic E-state index is 0.000479. The fraction of sp³-hybridized carbons (Fsp3) is 0.696. The van der Waals surface area contributed by atoms with Gasteiger partial charge < -0.3 is 16.0 Å². The molecule has 2 aliphatic carbocycles. The van der Waals surface area contributed by atoms with Gasteiger partial charge in [0.05, 0.1) is 36.2 Å². The Labute approximate surface area is 186 Å². The van der Waals surface area contributed by atoms with Gasteiger partial charge in [-0.05, 0) is 55.1 Å². The van der Waals surface area contributed by atoms with E-state index in [4.69, 9.17) is 10.7 Å². The van der Waals surface area contributed by atoms with Crippen molar-refractivity contribution in [2.45, 2.75) is 76.4 Å². The van der Waals surface area contributed by atoms with Crippen molar-refractivity contribution in [3.8, 4) is 0 Å². The number of carbonyl (C=O) groups is 1. The van der Waals surface area contributed by atoms with Crippen LogP contribution in [-0.4, -0.2) is 44.0 Å². The first-order chi connectivity index (χ1) is 15.2. The minimum Gasteiger partial charge on any atom is -0.333 e. The maximum absolute atomic E-state index is 13.5. The normalized spacial score (nSPS) is 26.0. The maximum atomic E-state index is 13.5. The number of carbonyl (C=O) groups excluding carboxylic acids is 1. The number of nitrogens with zero attached hydrogens (tertiary/aromatic N) is 4. The van der Waals surface area contributed by atoms with Crippen LogP contribution in [0.5, 0.6) is 0 Å². The van der Waals surface area contributed by atoms with Crippen molar-refractivity contribution in [2.75, 3.05) is 6.54 Å². The zero-order valence-electron chi connectivity index (χ0n) is 18.7. The molecule has 2 amide bonds. The van der Waals surface area contributed by atoms with Gasteiger partial charge in [0.2, 0.25) is 5.92 Å². The molecule has 0 spiro atoms. The van der Waals surface area contributed by atoms with Gasteiger partial charge in [0.15, 0.2) is 5.65 Å². The molecule has 2 aromatic rings. The molecule has 0 aromatic carbocycles. The van der Waals surface area contributed by atoms with Crippen LogP contribution in [0.2, 0.25) is 0 Å². The smallest absolute Gasteiger partial charge is 0.318 e. The number of imidazole rings is 1. The first-order valence-electron chi connectivity index (χ1n) is 11.8. The molecule has 2 saturated carbocycles. The van der Waals surface area contributed by atoms with E-state index in [0.717, 1.165) is 18.4 Å². The third kappa shape index (κ3) is 4.07. The number of aromatic nitrogens is 3. The summed E-state index contributed by atoms with van der Waals surface area (Å²) >= 11 is 0. The number of amides is 2. The van der Waals surface area contributed by atoms with Crippen LogP contribution in [0.1, 0.15) is 75.7 Å². The summed E-state index contributed by atoms with van der Waals surface area (Å²) in [4.78, 5) is 19.4. The molecule has 7 nitrogen and oxygen atoms in total. The molecule has 3 heterocycles. The average molecular weight is 447 g/mol. The van der Waals surface area contributed by atoms with Crippen molar-refractivity contribution >= 4 is 11.7 Å². The molecule has 2 aromatic heterocycles. The van der Waals surface area contributed by atoms with Gasteiger partial charge in [0, 0.05) is 19.4 Å². The third-order valence-corrected chi connectivity index (χ3v) is 7.48. The lowest BCUT2D eigenvalue weighted by Crippen LogP contribution is -2.33. The molecule has 1 saturated heterocycles. The molecule has 3 fully saturated rings. The lowest BCUT2D eigenvalue weighted by Gasteiger charge is -2.31. The summed E-state index contributed by atoms with van der Waals surface area (Å²) in [5.74, 6) is -1.75. The molecule has 0 radical (unpaired) electrons. The Morgan fingerprint density at radius 1 is 1.19 bits per heavy atom. The number of nitrogens with one attached hydrogen (secondary N) is 1. The van der Waals surface area contributed by atoms with Crippen molar-refractivity contribution in [3.05, 3.63) is 29.7 Å². The van der Waals surface area contributed by atoms with Crippen molar-refractivity contribution in [1.82, 2.24) is 24.8 Å². The summed E-state index contributed by atoms with van der Waals surface area (Å²) in [7, 11) is 0. The van der Waals surface area contributed by atoms with Gasteiger partial charge in [-0.3, -0.25) is 0 Å². The predicted octanol–water partition coefficient (Wildman–Crippen LogP) is 4.06. The van der Waals surface area contributed by atoms with Crippen molar-refractivity contribution < 1.29 is 13.6 Å². The fourth-order valence-electron chi connectivity index (χ4n) is 5.21. The lowest BCUT2D eigenvalue weighted by molar-refractivity contribution is -0.0484. The number of fused-ring (bicyclic) bond motifs is 1. The summed E-state index contributed by atoms with van der Waals surface area (Å²) in [5, 5.41) is 7.66. The van der Waals surface area contributed by atoms with E-state index < -0.39 is 5.92 Å². The van der Waals surface area contributed by atoms with Gasteiger partial charge in [-0.25, -0.2) is 23.1 Å². The Morgan fingerprint density at radius 2 is 1.91 bits per heavy atom. The number of hydrogen-bond acceptors (Lipinski definition) is 4. The zero-order valence-corrected chi connectivity index (χ0v) is 18.7. The molecule has 32 heavy (non-hydrogen) atoms. The van der Waals surface area contributed by atoms with Gasteiger partial charge in [-0.1, -0.05) is 13.8 Å². The van der Waals surface area contributed by atoms with E-state index in [9.17, 15) is 13.6 Å². The standard InChI is InChI=1S/C23H32F2N6O/c1-13(2)17-11-30(22(32)29-17)21(15-3-4-15)16-9-19-28-18(12-31(19)27-10-16)20(26)14-5-7-23(24,25)8-6-14/h9-10,12-15,17,20-21H,3-8,11,26H2,1-2H3,(H,29,32)/t17-,20-,21+/m0/s1. The van der Waals surface area contributed by atoms with Gasteiger partial charge in [-0.2, -0.15) is 5.10 Å². The van der Waals surface area contributed by atoms with E-state index in [-0.39, 0.29) is 42.9 Å². The second-order valence-electron chi connectivity index (χ2n) is 10.2. The van der Waals surface area contributed by atoms with E-state index >= 15 is 0 Å². The van der Waals surface area contributed by atoms with Gasteiger partial charge >= 0.3 is 6.03 Å². The van der Waals surface area contributed by atoms with Crippen LogP contribution in [0.15, 0.2) is 18.5 Å². The Morgan fingerprint density at radius 3 is 2.53 bits per heavy atom. The number of nitrogens with two attached hydrogens (primary N) is 1. The second kappa shape index (κ2) is 7.93. The van der Waals surface area contributed by atoms with Gasteiger partial charge in [0.25, 0.3) is 0 Å². The summed E-state index contributed by atoms with van der Waals surface area (Å²) in [5.41, 5.74) is 8.79. The SMILES string of the molecule is CC(C)[C@@H]1CN([C@@H](c2cnn3cc([C@@H](N)C4CCC(F)(F)CC4)nc3c2)C2CC2)C(=O)N1. The highest BCUT2D eigenvalue weighted by Gasteiger charge is 2.43. The fourth-order valence-corrected chi connectivity index (χ4v) is 5.21. The topological polar surface area (TPSA) is 88.6 Å². The first kappa shape index (κ1) is 21.6. The molecule has 9 heteroatoms. The van der Waals surface area contributed by atoms with E-state index in [0.29, 0.717) is 42.6 Å².